The Morgan fingerprint density at radius 1 is 1.03 bits per heavy atom. The number of rotatable bonds is 7. The topological polar surface area (TPSA) is 116 Å². The van der Waals surface area contributed by atoms with Crippen LogP contribution in [0.3, 0.4) is 0 Å². The average Bonchev–Trinajstić information content (AvgIpc) is 3.27. The zero-order valence-electron chi connectivity index (χ0n) is 18.8. The summed E-state index contributed by atoms with van der Waals surface area (Å²) in [6.07, 6.45) is 0. The van der Waals surface area contributed by atoms with Gasteiger partial charge in [0.25, 0.3) is 5.69 Å². The summed E-state index contributed by atoms with van der Waals surface area (Å²) in [6, 6.07) is 19.8. The number of hydrogen-bond acceptors (Lipinski definition) is 7. The average molecular weight is 475 g/mol. The van der Waals surface area contributed by atoms with Crippen LogP contribution < -0.4 is 5.32 Å². The van der Waals surface area contributed by atoms with Gasteiger partial charge in [-0.3, -0.25) is 14.9 Å². The fourth-order valence-corrected chi connectivity index (χ4v) is 4.54. The molecule has 4 rings (SSSR count). The van der Waals surface area contributed by atoms with Crippen LogP contribution in [0.5, 0.6) is 0 Å². The molecule has 3 aromatic carbocycles. The Balaban J connectivity index is 1.69. The van der Waals surface area contributed by atoms with Crippen LogP contribution >= 0.6 is 11.8 Å². The molecule has 0 saturated heterocycles. The molecule has 9 nitrogen and oxygen atoms in total. The number of nitro groups is 1. The molecule has 0 aliphatic carbocycles. The molecule has 0 bridgehead atoms. The number of anilines is 1. The van der Waals surface area contributed by atoms with Crippen LogP contribution in [0.25, 0.3) is 5.69 Å². The first-order valence-electron chi connectivity index (χ1n) is 10.5. The van der Waals surface area contributed by atoms with Crippen molar-refractivity contribution in [1.82, 2.24) is 20.2 Å². The number of aryl methyl sites for hydroxylation is 3. The van der Waals surface area contributed by atoms with E-state index in [1.165, 1.54) is 23.9 Å². The van der Waals surface area contributed by atoms with E-state index < -0.39 is 16.1 Å². The number of hydrogen-bond donors (Lipinski definition) is 1. The van der Waals surface area contributed by atoms with E-state index in [1.54, 1.807) is 17.7 Å². The second kappa shape index (κ2) is 9.84. The lowest BCUT2D eigenvalue weighted by atomic mass is 10.1. The Morgan fingerprint density at radius 2 is 1.74 bits per heavy atom. The Kier molecular flexibility index (Phi) is 6.69. The number of amides is 1. The standard InChI is InChI=1S/C24H22N6O3S/c1-15-10-12-20(17(3)13-15)29-24(26-27-28-29)34-22(18-7-5-4-6-8-18)23(31)25-19-11-9-16(2)14-21(19)30(32)33/h4-14,22H,1-3H3,(H,25,31)/t22-/m0/s1. The van der Waals surface area contributed by atoms with E-state index in [4.69, 9.17) is 0 Å². The highest BCUT2D eigenvalue weighted by molar-refractivity contribution is 8.00. The molecular formula is C24H22N6O3S. The summed E-state index contributed by atoms with van der Waals surface area (Å²) in [5, 5.41) is 26.0. The maximum atomic E-state index is 13.4. The molecule has 4 aromatic rings. The van der Waals surface area contributed by atoms with Crippen molar-refractivity contribution in [2.24, 2.45) is 0 Å². The number of carbonyl (C=O) groups is 1. The van der Waals surface area contributed by atoms with Crippen molar-refractivity contribution in [2.75, 3.05) is 5.32 Å². The van der Waals surface area contributed by atoms with E-state index in [9.17, 15) is 14.9 Å². The summed E-state index contributed by atoms with van der Waals surface area (Å²) in [5.41, 5.74) is 4.33. The van der Waals surface area contributed by atoms with Crippen molar-refractivity contribution in [3.8, 4) is 5.69 Å². The lowest BCUT2D eigenvalue weighted by molar-refractivity contribution is -0.384. The molecule has 0 aliphatic rings. The highest BCUT2D eigenvalue weighted by Gasteiger charge is 2.27. The molecule has 1 N–H and O–H groups in total. The first-order valence-corrected chi connectivity index (χ1v) is 11.3. The predicted octanol–water partition coefficient (Wildman–Crippen LogP) is 4.97. The highest BCUT2D eigenvalue weighted by Crippen LogP contribution is 2.37. The number of thioether (sulfide) groups is 1. The van der Waals surface area contributed by atoms with Crippen LogP contribution in [0, 0.1) is 30.9 Å². The van der Waals surface area contributed by atoms with Gasteiger partial charge in [-0.05, 0) is 60.0 Å². The van der Waals surface area contributed by atoms with Gasteiger partial charge in [0.2, 0.25) is 11.1 Å². The summed E-state index contributed by atoms with van der Waals surface area (Å²) in [5.74, 6) is -0.418. The third-order valence-electron chi connectivity index (χ3n) is 5.19. The van der Waals surface area contributed by atoms with Crippen LogP contribution in [0.1, 0.15) is 27.5 Å². The van der Waals surface area contributed by atoms with E-state index in [0.717, 1.165) is 27.9 Å². The normalized spacial score (nSPS) is 11.7. The molecule has 1 heterocycles. The summed E-state index contributed by atoms with van der Waals surface area (Å²) < 4.78 is 1.59. The van der Waals surface area contributed by atoms with Crippen LogP contribution in [-0.4, -0.2) is 31.0 Å². The Morgan fingerprint density at radius 3 is 2.44 bits per heavy atom. The number of tetrazole rings is 1. The van der Waals surface area contributed by atoms with E-state index in [1.807, 2.05) is 62.4 Å². The minimum absolute atomic E-state index is 0.135. The van der Waals surface area contributed by atoms with Gasteiger partial charge >= 0.3 is 0 Å². The monoisotopic (exact) mass is 474 g/mol. The van der Waals surface area contributed by atoms with Gasteiger partial charge in [-0.2, -0.15) is 4.68 Å². The van der Waals surface area contributed by atoms with Crippen molar-refractivity contribution >= 4 is 29.0 Å². The van der Waals surface area contributed by atoms with E-state index in [0.29, 0.717) is 5.16 Å². The number of aromatic nitrogens is 4. The molecule has 1 amide bonds. The first-order chi connectivity index (χ1) is 16.3. The summed E-state index contributed by atoms with van der Waals surface area (Å²) in [4.78, 5) is 24.4. The fourth-order valence-electron chi connectivity index (χ4n) is 3.55. The van der Waals surface area contributed by atoms with E-state index >= 15 is 0 Å². The molecule has 0 spiro atoms. The van der Waals surface area contributed by atoms with Crippen molar-refractivity contribution in [3.05, 3.63) is 99.1 Å². The van der Waals surface area contributed by atoms with Gasteiger partial charge in [-0.1, -0.05) is 65.9 Å². The third kappa shape index (κ3) is 4.96. The van der Waals surface area contributed by atoms with Crippen LogP contribution in [-0.2, 0) is 4.79 Å². The smallest absolute Gasteiger partial charge is 0.293 e. The van der Waals surface area contributed by atoms with Gasteiger partial charge in [0.05, 0.1) is 10.6 Å². The zero-order chi connectivity index (χ0) is 24.2. The number of nitrogens with zero attached hydrogens (tertiary/aromatic N) is 5. The molecule has 0 fully saturated rings. The van der Waals surface area contributed by atoms with Gasteiger partial charge in [0.15, 0.2) is 0 Å². The minimum atomic E-state index is -0.752. The molecule has 1 aromatic heterocycles. The second-order valence-corrected chi connectivity index (χ2v) is 8.91. The van der Waals surface area contributed by atoms with Crippen LogP contribution in [0.15, 0.2) is 71.9 Å². The molecule has 0 aliphatic heterocycles. The minimum Gasteiger partial charge on any atom is -0.319 e. The highest BCUT2D eigenvalue weighted by atomic mass is 32.2. The zero-order valence-corrected chi connectivity index (χ0v) is 19.6. The van der Waals surface area contributed by atoms with Gasteiger partial charge in [-0.25, -0.2) is 0 Å². The molecule has 0 unspecified atom stereocenters. The first kappa shape index (κ1) is 23.1. The number of benzene rings is 3. The van der Waals surface area contributed by atoms with Crippen LogP contribution in [0.4, 0.5) is 11.4 Å². The second-order valence-electron chi connectivity index (χ2n) is 7.84. The molecule has 10 heteroatoms. The SMILES string of the molecule is Cc1ccc(-n2nnnc2S[C@H](C(=O)Nc2ccc(C)cc2[N+](=O)[O-])c2ccccc2)c(C)c1. The number of carbonyl (C=O) groups excluding carboxylic acids is 1. The molecule has 34 heavy (non-hydrogen) atoms. The fraction of sp³-hybridized carbons (Fsp3) is 0.167. The Labute approximate surface area is 200 Å². The molecule has 0 saturated carbocycles. The molecule has 1 atom stereocenters. The predicted molar refractivity (Wildman–Crippen MR) is 130 cm³/mol. The van der Waals surface area contributed by atoms with Gasteiger partial charge in [0.1, 0.15) is 10.9 Å². The van der Waals surface area contributed by atoms with E-state index in [2.05, 4.69) is 20.8 Å². The largest absolute Gasteiger partial charge is 0.319 e. The summed E-state index contributed by atoms with van der Waals surface area (Å²) in [7, 11) is 0. The third-order valence-corrected chi connectivity index (χ3v) is 6.38. The van der Waals surface area contributed by atoms with Gasteiger partial charge in [0, 0.05) is 6.07 Å². The maximum absolute atomic E-state index is 13.4. The van der Waals surface area contributed by atoms with Gasteiger partial charge in [-0.15, -0.1) is 5.10 Å². The maximum Gasteiger partial charge on any atom is 0.293 e. The summed E-state index contributed by atoms with van der Waals surface area (Å²) >= 11 is 1.17. The van der Waals surface area contributed by atoms with E-state index in [-0.39, 0.29) is 11.4 Å². The Hall–Kier alpha value is -4.05. The van der Waals surface area contributed by atoms with Crippen LogP contribution in [0.2, 0.25) is 0 Å². The molecular weight excluding hydrogens is 452 g/mol. The Bertz CT molecular complexity index is 1360. The lowest BCUT2D eigenvalue weighted by Crippen LogP contribution is -2.20. The van der Waals surface area contributed by atoms with Crippen molar-refractivity contribution in [2.45, 2.75) is 31.2 Å². The van der Waals surface area contributed by atoms with Crippen molar-refractivity contribution in [3.63, 3.8) is 0 Å². The molecule has 0 radical (unpaired) electrons. The van der Waals surface area contributed by atoms with Gasteiger partial charge < -0.3 is 5.32 Å². The molecule has 172 valence electrons. The lowest BCUT2D eigenvalue weighted by Gasteiger charge is -2.17. The quantitative estimate of drug-likeness (QED) is 0.228. The van der Waals surface area contributed by atoms with Crippen molar-refractivity contribution in [1.29, 1.82) is 0 Å². The number of nitro benzene ring substituents is 1. The van der Waals surface area contributed by atoms with Crippen molar-refractivity contribution < 1.29 is 9.72 Å². The number of nitrogens with one attached hydrogen (secondary N) is 1. The summed E-state index contributed by atoms with van der Waals surface area (Å²) in [6.45, 7) is 5.73.